The Morgan fingerprint density at radius 1 is 1.30 bits per heavy atom. The number of thiocarbonyl (C=S) groups is 1. The molecule has 110 valence electrons. The van der Waals surface area contributed by atoms with Crippen LogP contribution in [0.3, 0.4) is 0 Å². The van der Waals surface area contributed by atoms with Crippen LogP contribution in [0.2, 0.25) is 5.02 Å². The monoisotopic (exact) mass is 330 g/mol. The molecular formula is C14H19ClN2OS2. The van der Waals surface area contributed by atoms with E-state index in [0.29, 0.717) is 14.9 Å². The Balaban J connectivity index is 2.17. The molecule has 1 heterocycles. The van der Waals surface area contributed by atoms with Gasteiger partial charge in [-0.15, -0.1) is 11.3 Å². The molecule has 0 bridgehead atoms. The van der Waals surface area contributed by atoms with E-state index in [-0.39, 0.29) is 5.91 Å². The molecule has 6 heteroatoms. The van der Waals surface area contributed by atoms with Gasteiger partial charge in [-0.25, -0.2) is 0 Å². The van der Waals surface area contributed by atoms with Crippen molar-refractivity contribution in [2.45, 2.75) is 50.5 Å². The highest BCUT2D eigenvalue weighted by molar-refractivity contribution is 7.80. The number of rotatable bonds is 3. The lowest BCUT2D eigenvalue weighted by Gasteiger charge is -2.35. The molecule has 1 amide bonds. The number of halogens is 1. The molecule has 1 fully saturated rings. The van der Waals surface area contributed by atoms with Gasteiger partial charge in [-0.3, -0.25) is 4.79 Å². The van der Waals surface area contributed by atoms with Crippen molar-refractivity contribution >= 4 is 46.1 Å². The Morgan fingerprint density at radius 2 is 1.90 bits per heavy atom. The van der Waals surface area contributed by atoms with Crippen LogP contribution in [0.15, 0.2) is 11.4 Å². The van der Waals surface area contributed by atoms with E-state index in [1.54, 1.807) is 6.07 Å². The predicted molar refractivity (Wildman–Crippen MR) is 88.6 cm³/mol. The van der Waals surface area contributed by atoms with Crippen molar-refractivity contribution in [3.8, 4) is 0 Å². The largest absolute Gasteiger partial charge is 0.391 e. The fraction of sp³-hybridized carbons (Fsp3) is 0.571. The molecule has 0 spiro atoms. The lowest BCUT2D eigenvalue weighted by molar-refractivity contribution is 0.0917. The van der Waals surface area contributed by atoms with E-state index < -0.39 is 5.54 Å². The number of hydrogen-bond donors (Lipinski definition) is 2. The van der Waals surface area contributed by atoms with Crippen LogP contribution < -0.4 is 11.1 Å². The first kappa shape index (κ1) is 15.7. The molecule has 1 aromatic heterocycles. The molecule has 0 saturated heterocycles. The van der Waals surface area contributed by atoms with E-state index in [4.69, 9.17) is 29.6 Å². The summed E-state index contributed by atoms with van der Waals surface area (Å²) in [6.45, 7) is 0. The lowest BCUT2D eigenvalue weighted by Crippen LogP contribution is -2.56. The molecule has 3 nitrogen and oxygen atoms in total. The molecule has 0 aromatic carbocycles. The highest BCUT2D eigenvalue weighted by Crippen LogP contribution is 2.29. The molecule has 0 radical (unpaired) electrons. The topological polar surface area (TPSA) is 55.1 Å². The third kappa shape index (κ3) is 3.51. The van der Waals surface area contributed by atoms with Gasteiger partial charge in [-0.05, 0) is 24.3 Å². The second-order valence-corrected chi connectivity index (χ2v) is 7.03. The molecule has 0 unspecified atom stereocenters. The van der Waals surface area contributed by atoms with Gasteiger partial charge in [0.1, 0.15) is 4.88 Å². The molecule has 1 aliphatic carbocycles. The van der Waals surface area contributed by atoms with Crippen molar-refractivity contribution in [1.82, 2.24) is 5.32 Å². The van der Waals surface area contributed by atoms with E-state index >= 15 is 0 Å². The zero-order valence-corrected chi connectivity index (χ0v) is 13.7. The van der Waals surface area contributed by atoms with Crippen molar-refractivity contribution in [3.05, 3.63) is 21.3 Å². The van der Waals surface area contributed by atoms with Crippen LogP contribution in [0.5, 0.6) is 0 Å². The number of carbonyl (C=O) groups is 1. The van der Waals surface area contributed by atoms with Crippen LogP contribution in [0, 0.1) is 0 Å². The fourth-order valence-corrected chi connectivity index (χ4v) is 3.96. The Hall–Kier alpha value is -0.650. The molecule has 0 atom stereocenters. The maximum Gasteiger partial charge on any atom is 0.263 e. The summed E-state index contributed by atoms with van der Waals surface area (Å²) in [7, 11) is 0. The number of nitrogens with two attached hydrogens (primary N) is 1. The second kappa shape index (κ2) is 6.87. The predicted octanol–water partition coefficient (Wildman–Crippen LogP) is 3.90. The number of hydrogen-bond acceptors (Lipinski definition) is 3. The smallest absolute Gasteiger partial charge is 0.263 e. The highest BCUT2D eigenvalue weighted by atomic mass is 35.5. The van der Waals surface area contributed by atoms with Gasteiger partial charge in [0.15, 0.2) is 0 Å². The van der Waals surface area contributed by atoms with E-state index in [1.165, 1.54) is 30.6 Å². The lowest BCUT2D eigenvalue weighted by atomic mass is 9.83. The van der Waals surface area contributed by atoms with Crippen LogP contribution in [-0.4, -0.2) is 16.4 Å². The average molecular weight is 331 g/mol. The summed E-state index contributed by atoms with van der Waals surface area (Å²) in [5.41, 5.74) is 5.39. The van der Waals surface area contributed by atoms with Crippen LogP contribution in [0.1, 0.15) is 54.6 Å². The minimum Gasteiger partial charge on any atom is -0.391 e. The van der Waals surface area contributed by atoms with Gasteiger partial charge in [-0.1, -0.05) is 55.9 Å². The quantitative estimate of drug-likeness (QED) is 0.826. The normalized spacial score (nSPS) is 18.9. The van der Waals surface area contributed by atoms with Crippen LogP contribution in [-0.2, 0) is 0 Å². The van der Waals surface area contributed by atoms with Gasteiger partial charge in [0, 0.05) is 0 Å². The van der Waals surface area contributed by atoms with Crippen molar-refractivity contribution in [1.29, 1.82) is 0 Å². The van der Waals surface area contributed by atoms with Gasteiger partial charge in [0.25, 0.3) is 5.91 Å². The summed E-state index contributed by atoms with van der Waals surface area (Å²) >= 11 is 12.6. The Bertz CT molecular complexity index is 493. The third-order valence-electron chi connectivity index (χ3n) is 3.85. The van der Waals surface area contributed by atoms with Crippen molar-refractivity contribution in [3.63, 3.8) is 0 Å². The van der Waals surface area contributed by atoms with Crippen LogP contribution in [0.25, 0.3) is 0 Å². The number of thiophene rings is 1. The van der Waals surface area contributed by atoms with Crippen LogP contribution >= 0.6 is 35.2 Å². The maximum atomic E-state index is 12.4. The third-order valence-corrected chi connectivity index (χ3v) is 5.59. The summed E-state index contributed by atoms with van der Waals surface area (Å²) in [4.78, 5) is 13.3. The molecule has 3 N–H and O–H groups in total. The first-order valence-electron chi connectivity index (χ1n) is 6.90. The minimum absolute atomic E-state index is 0.168. The van der Waals surface area contributed by atoms with Gasteiger partial charge < -0.3 is 11.1 Å². The zero-order valence-electron chi connectivity index (χ0n) is 11.3. The average Bonchev–Trinajstić information content (AvgIpc) is 2.78. The van der Waals surface area contributed by atoms with E-state index in [1.807, 2.05) is 5.38 Å². The first-order chi connectivity index (χ1) is 9.55. The number of carbonyl (C=O) groups excluding carboxylic acids is 1. The van der Waals surface area contributed by atoms with Crippen molar-refractivity contribution in [2.24, 2.45) is 5.73 Å². The minimum atomic E-state index is -0.555. The summed E-state index contributed by atoms with van der Waals surface area (Å²) in [5, 5.41) is 5.35. The summed E-state index contributed by atoms with van der Waals surface area (Å²) in [6, 6.07) is 1.73. The van der Waals surface area contributed by atoms with Crippen LogP contribution in [0.4, 0.5) is 0 Å². The molecule has 2 rings (SSSR count). The number of nitrogens with one attached hydrogen (secondary N) is 1. The standard InChI is InChI=1S/C14H19ClN2OS2/c15-10-6-9-20-11(10)12(18)17-14(13(16)19)7-4-2-1-3-5-8-14/h6,9H,1-5,7-8H2,(H2,16,19)(H,17,18). The van der Waals surface area contributed by atoms with E-state index in [0.717, 1.165) is 25.7 Å². The molecular weight excluding hydrogens is 312 g/mol. The fourth-order valence-electron chi connectivity index (χ4n) is 2.67. The molecule has 20 heavy (non-hydrogen) atoms. The SMILES string of the molecule is NC(=S)C1(NC(=O)c2sccc2Cl)CCCCCCC1. The molecule has 1 saturated carbocycles. The van der Waals surface area contributed by atoms with Gasteiger partial charge >= 0.3 is 0 Å². The Labute approximate surface area is 133 Å². The molecule has 1 aromatic rings. The van der Waals surface area contributed by atoms with E-state index in [9.17, 15) is 4.79 Å². The second-order valence-electron chi connectivity index (χ2n) is 5.27. The van der Waals surface area contributed by atoms with Crippen molar-refractivity contribution in [2.75, 3.05) is 0 Å². The number of amides is 1. The van der Waals surface area contributed by atoms with Gasteiger partial charge in [-0.2, -0.15) is 0 Å². The van der Waals surface area contributed by atoms with Gasteiger partial charge in [0.2, 0.25) is 0 Å². The van der Waals surface area contributed by atoms with E-state index in [2.05, 4.69) is 5.32 Å². The summed E-state index contributed by atoms with van der Waals surface area (Å²) in [6.07, 6.45) is 7.29. The summed E-state index contributed by atoms with van der Waals surface area (Å²) < 4.78 is 0. The molecule has 1 aliphatic rings. The molecule has 0 aliphatic heterocycles. The Kier molecular flexibility index (Phi) is 5.41. The zero-order chi connectivity index (χ0) is 14.6. The van der Waals surface area contributed by atoms with Crippen molar-refractivity contribution < 1.29 is 4.79 Å². The maximum absolute atomic E-state index is 12.4. The van der Waals surface area contributed by atoms with Gasteiger partial charge in [0.05, 0.1) is 15.6 Å². The summed E-state index contributed by atoms with van der Waals surface area (Å²) in [5.74, 6) is -0.168. The Morgan fingerprint density at radius 3 is 2.40 bits per heavy atom. The highest BCUT2D eigenvalue weighted by Gasteiger charge is 2.35. The first-order valence-corrected chi connectivity index (χ1v) is 8.57.